The minimum absolute atomic E-state index is 0.00469. The lowest BCUT2D eigenvalue weighted by atomic mass is 10.1. The second kappa shape index (κ2) is 7.61. The Kier molecular flexibility index (Phi) is 5.53. The maximum absolute atomic E-state index is 12.0. The first-order chi connectivity index (χ1) is 10.2. The number of fused-ring (bicyclic) bond motifs is 1. The third kappa shape index (κ3) is 4.44. The zero-order chi connectivity index (χ0) is 15.1. The third-order valence-corrected chi connectivity index (χ3v) is 2.86. The molecule has 0 spiro atoms. The normalized spacial score (nSPS) is 13.1. The van der Waals surface area contributed by atoms with E-state index in [9.17, 15) is 9.59 Å². The summed E-state index contributed by atoms with van der Waals surface area (Å²) in [6.07, 6.45) is 0.663. The molecule has 2 amide bonds. The molecule has 114 valence electrons. The molecule has 0 aliphatic carbocycles. The molecule has 0 aromatic heterocycles. The van der Waals surface area contributed by atoms with Crippen molar-refractivity contribution in [2.24, 2.45) is 0 Å². The first-order valence-electron chi connectivity index (χ1n) is 6.74. The monoisotopic (exact) mass is 294 g/mol. The molecule has 0 unspecified atom stereocenters. The third-order valence-electron chi connectivity index (χ3n) is 2.86. The molecule has 2 rings (SSSR count). The summed E-state index contributed by atoms with van der Waals surface area (Å²) in [5.74, 6) is 0.101. The van der Waals surface area contributed by atoms with Gasteiger partial charge in [-0.2, -0.15) is 0 Å². The van der Waals surface area contributed by atoms with E-state index in [1.807, 2.05) is 0 Å². The van der Waals surface area contributed by atoms with Crippen molar-refractivity contribution >= 4 is 17.5 Å². The SMILES string of the molecule is O=C1COc2ccc(C(=O)NCCCOCCO)cc2N1. The number of carbonyl (C=O) groups excluding carboxylic acids is 2. The fourth-order valence-electron chi connectivity index (χ4n) is 1.87. The smallest absolute Gasteiger partial charge is 0.262 e. The quantitative estimate of drug-likeness (QED) is 0.622. The predicted molar refractivity (Wildman–Crippen MR) is 75.4 cm³/mol. The molecule has 7 nitrogen and oxygen atoms in total. The molecule has 1 heterocycles. The van der Waals surface area contributed by atoms with Crippen molar-refractivity contribution in [3.63, 3.8) is 0 Å². The summed E-state index contributed by atoms with van der Waals surface area (Å²) in [5.41, 5.74) is 0.959. The number of carbonyl (C=O) groups is 2. The summed E-state index contributed by atoms with van der Waals surface area (Å²) in [6.45, 7) is 1.25. The van der Waals surface area contributed by atoms with Crippen LogP contribution in [0.2, 0.25) is 0 Å². The van der Waals surface area contributed by atoms with Gasteiger partial charge < -0.3 is 25.2 Å². The van der Waals surface area contributed by atoms with E-state index in [0.717, 1.165) is 0 Å². The van der Waals surface area contributed by atoms with Gasteiger partial charge in [-0.15, -0.1) is 0 Å². The van der Waals surface area contributed by atoms with Crippen LogP contribution in [0.25, 0.3) is 0 Å². The lowest BCUT2D eigenvalue weighted by Crippen LogP contribution is -2.27. The van der Waals surface area contributed by atoms with E-state index in [2.05, 4.69) is 10.6 Å². The van der Waals surface area contributed by atoms with E-state index in [1.165, 1.54) is 0 Å². The maximum Gasteiger partial charge on any atom is 0.262 e. The molecule has 7 heteroatoms. The molecule has 0 atom stereocenters. The van der Waals surface area contributed by atoms with Crippen molar-refractivity contribution in [3.8, 4) is 5.75 Å². The Morgan fingerprint density at radius 2 is 2.29 bits per heavy atom. The van der Waals surface area contributed by atoms with Crippen LogP contribution in [0.15, 0.2) is 18.2 Å². The molecule has 1 aliphatic rings. The largest absolute Gasteiger partial charge is 0.482 e. The summed E-state index contributed by atoms with van der Waals surface area (Å²) >= 11 is 0. The van der Waals surface area contributed by atoms with Gasteiger partial charge in [-0.3, -0.25) is 9.59 Å². The molecular formula is C14H18N2O5. The predicted octanol–water partition coefficient (Wildman–Crippen LogP) is 0.146. The molecule has 0 saturated heterocycles. The summed E-state index contributed by atoms with van der Waals surface area (Å²) in [7, 11) is 0. The molecule has 0 saturated carbocycles. The zero-order valence-corrected chi connectivity index (χ0v) is 11.6. The Morgan fingerprint density at radius 1 is 1.43 bits per heavy atom. The first kappa shape index (κ1) is 15.3. The zero-order valence-electron chi connectivity index (χ0n) is 11.6. The van der Waals surface area contributed by atoms with Crippen LogP contribution < -0.4 is 15.4 Å². The fourth-order valence-corrected chi connectivity index (χ4v) is 1.87. The van der Waals surface area contributed by atoms with Crippen LogP contribution in [-0.4, -0.2) is 49.9 Å². The van der Waals surface area contributed by atoms with Crippen LogP contribution in [0.3, 0.4) is 0 Å². The Labute approximate surface area is 122 Å². The molecule has 1 aromatic carbocycles. The van der Waals surface area contributed by atoms with E-state index in [4.69, 9.17) is 14.6 Å². The van der Waals surface area contributed by atoms with Gasteiger partial charge in [0.2, 0.25) is 0 Å². The Hall–Kier alpha value is -2.12. The van der Waals surface area contributed by atoms with Gasteiger partial charge in [-0.05, 0) is 24.6 Å². The van der Waals surface area contributed by atoms with Crippen LogP contribution in [0.1, 0.15) is 16.8 Å². The number of hydrogen-bond acceptors (Lipinski definition) is 5. The highest BCUT2D eigenvalue weighted by Crippen LogP contribution is 2.28. The Morgan fingerprint density at radius 3 is 3.10 bits per heavy atom. The van der Waals surface area contributed by atoms with E-state index in [-0.39, 0.29) is 25.0 Å². The topological polar surface area (TPSA) is 96.9 Å². The number of aliphatic hydroxyl groups excluding tert-OH is 1. The highest BCUT2D eigenvalue weighted by atomic mass is 16.5. The van der Waals surface area contributed by atoms with Crippen molar-refractivity contribution in [2.45, 2.75) is 6.42 Å². The average molecular weight is 294 g/mol. The van der Waals surface area contributed by atoms with Gasteiger partial charge in [-0.25, -0.2) is 0 Å². The minimum Gasteiger partial charge on any atom is -0.482 e. The lowest BCUT2D eigenvalue weighted by Gasteiger charge is -2.18. The van der Waals surface area contributed by atoms with Gasteiger partial charge in [0, 0.05) is 18.7 Å². The number of aliphatic hydroxyl groups is 1. The highest BCUT2D eigenvalue weighted by molar-refractivity contribution is 5.99. The van der Waals surface area contributed by atoms with E-state index in [0.29, 0.717) is 43.2 Å². The number of hydrogen-bond donors (Lipinski definition) is 3. The first-order valence-corrected chi connectivity index (χ1v) is 6.74. The van der Waals surface area contributed by atoms with Gasteiger partial charge in [-0.1, -0.05) is 0 Å². The van der Waals surface area contributed by atoms with Crippen molar-refractivity contribution < 1.29 is 24.2 Å². The van der Waals surface area contributed by atoms with Crippen LogP contribution in [-0.2, 0) is 9.53 Å². The second-order valence-electron chi connectivity index (χ2n) is 4.49. The average Bonchev–Trinajstić information content (AvgIpc) is 2.49. The van der Waals surface area contributed by atoms with Gasteiger partial charge in [0.25, 0.3) is 11.8 Å². The Bertz CT molecular complexity index is 518. The summed E-state index contributed by atoms with van der Waals surface area (Å²) in [6, 6.07) is 4.89. The fraction of sp³-hybridized carbons (Fsp3) is 0.429. The highest BCUT2D eigenvalue weighted by Gasteiger charge is 2.17. The number of ether oxygens (including phenoxy) is 2. The van der Waals surface area contributed by atoms with E-state index in [1.54, 1.807) is 18.2 Å². The Balaban J connectivity index is 1.82. The number of anilines is 1. The molecule has 0 radical (unpaired) electrons. The molecule has 1 aromatic rings. The van der Waals surface area contributed by atoms with Crippen LogP contribution in [0.5, 0.6) is 5.75 Å². The van der Waals surface area contributed by atoms with Gasteiger partial charge in [0.15, 0.2) is 6.61 Å². The van der Waals surface area contributed by atoms with Crippen molar-refractivity contribution in [3.05, 3.63) is 23.8 Å². The van der Waals surface area contributed by atoms with Crippen molar-refractivity contribution in [1.82, 2.24) is 5.32 Å². The summed E-state index contributed by atoms with van der Waals surface area (Å²) in [5, 5.41) is 14.0. The second-order valence-corrected chi connectivity index (χ2v) is 4.49. The number of nitrogens with one attached hydrogen (secondary N) is 2. The number of benzene rings is 1. The van der Waals surface area contributed by atoms with E-state index >= 15 is 0 Å². The van der Waals surface area contributed by atoms with Gasteiger partial charge in [0.05, 0.1) is 18.9 Å². The summed E-state index contributed by atoms with van der Waals surface area (Å²) < 4.78 is 10.3. The van der Waals surface area contributed by atoms with Crippen LogP contribution >= 0.6 is 0 Å². The molecular weight excluding hydrogens is 276 g/mol. The number of amides is 2. The molecule has 1 aliphatic heterocycles. The standard InChI is InChI=1S/C14H18N2O5/c17-5-7-20-6-1-4-15-14(19)10-2-3-12-11(8-10)16-13(18)9-21-12/h2-3,8,17H,1,4-7,9H2,(H,15,19)(H,16,18). The van der Waals surface area contributed by atoms with Crippen molar-refractivity contribution in [1.29, 1.82) is 0 Å². The number of rotatable bonds is 7. The summed E-state index contributed by atoms with van der Waals surface area (Å²) in [4.78, 5) is 23.2. The molecule has 21 heavy (non-hydrogen) atoms. The molecule has 0 bridgehead atoms. The van der Waals surface area contributed by atoms with Gasteiger partial charge in [0.1, 0.15) is 5.75 Å². The van der Waals surface area contributed by atoms with Gasteiger partial charge >= 0.3 is 0 Å². The minimum atomic E-state index is -0.235. The van der Waals surface area contributed by atoms with Crippen LogP contribution in [0, 0.1) is 0 Å². The molecule has 3 N–H and O–H groups in total. The molecule has 0 fully saturated rings. The van der Waals surface area contributed by atoms with Crippen LogP contribution in [0.4, 0.5) is 5.69 Å². The van der Waals surface area contributed by atoms with Crippen molar-refractivity contribution in [2.75, 3.05) is 38.3 Å². The van der Waals surface area contributed by atoms with E-state index < -0.39 is 0 Å². The maximum atomic E-state index is 12.0. The lowest BCUT2D eigenvalue weighted by molar-refractivity contribution is -0.118.